The van der Waals surface area contributed by atoms with Crippen LogP contribution in [0, 0.1) is 11.8 Å². The summed E-state index contributed by atoms with van der Waals surface area (Å²) in [6.45, 7) is 3.64. The highest BCUT2D eigenvalue weighted by Gasteiger charge is 2.38. The molecule has 0 spiro atoms. The van der Waals surface area contributed by atoms with Crippen LogP contribution < -0.4 is 5.32 Å². The molecule has 2 saturated heterocycles. The Morgan fingerprint density at radius 3 is 2.53 bits per heavy atom. The average molecular weight is 232 g/mol. The molecule has 0 bridgehead atoms. The first kappa shape index (κ1) is 10.6. The van der Waals surface area contributed by atoms with Gasteiger partial charge in [0.25, 0.3) is 5.91 Å². The maximum atomic E-state index is 12.2. The number of para-hydroxylation sites is 1. The van der Waals surface area contributed by atoms with Crippen molar-refractivity contribution >= 4 is 5.91 Å². The molecule has 4 heteroatoms. The molecule has 4 nitrogen and oxygen atoms in total. The number of hydrogen-bond donors (Lipinski definition) is 2. The van der Waals surface area contributed by atoms with Crippen molar-refractivity contribution < 1.29 is 9.90 Å². The topological polar surface area (TPSA) is 52.6 Å². The second-order valence-electron chi connectivity index (χ2n) is 4.91. The zero-order chi connectivity index (χ0) is 11.8. The van der Waals surface area contributed by atoms with E-state index in [1.807, 2.05) is 4.90 Å². The lowest BCUT2D eigenvalue weighted by Crippen LogP contribution is -2.31. The third-order valence-electron chi connectivity index (χ3n) is 3.81. The molecule has 2 unspecified atom stereocenters. The van der Waals surface area contributed by atoms with Crippen LogP contribution in [0.4, 0.5) is 0 Å². The fourth-order valence-electron chi connectivity index (χ4n) is 2.85. The fourth-order valence-corrected chi connectivity index (χ4v) is 2.85. The van der Waals surface area contributed by atoms with Crippen LogP contribution in [-0.4, -0.2) is 42.1 Å². The molecule has 2 heterocycles. The van der Waals surface area contributed by atoms with Gasteiger partial charge in [0, 0.05) is 26.2 Å². The molecule has 2 fully saturated rings. The number of rotatable bonds is 1. The summed E-state index contributed by atoms with van der Waals surface area (Å²) in [5.41, 5.74) is 0.417. The molecule has 90 valence electrons. The number of phenolic OH excluding ortho intramolecular Hbond substituents is 1. The van der Waals surface area contributed by atoms with Gasteiger partial charge < -0.3 is 15.3 Å². The molecule has 2 N–H and O–H groups in total. The van der Waals surface area contributed by atoms with Crippen molar-refractivity contribution in [2.75, 3.05) is 26.2 Å². The van der Waals surface area contributed by atoms with Gasteiger partial charge in [-0.15, -0.1) is 0 Å². The van der Waals surface area contributed by atoms with E-state index in [9.17, 15) is 9.90 Å². The SMILES string of the molecule is O=C(c1ccccc1O)N1CC2CNCC2C1. The summed E-state index contributed by atoms with van der Waals surface area (Å²) in [4.78, 5) is 14.1. The van der Waals surface area contributed by atoms with Gasteiger partial charge in [0.1, 0.15) is 5.75 Å². The summed E-state index contributed by atoms with van der Waals surface area (Å²) < 4.78 is 0. The van der Waals surface area contributed by atoms with E-state index in [2.05, 4.69) is 5.32 Å². The minimum Gasteiger partial charge on any atom is -0.507 e. The number of aromatic hydroxyl groups is 1. The van der Waals surface area contributed by atoms with E-state index in [1.54, 1.807) is 24.3 Å². The minimum absolute atomic E-state index is 0.0440. The van der Waals surface area contributed by atoms with Crippen LogP contribution >= 0.6 is 0 Å². The van der Waals surface area contributed by atoms with E-state index < -0.39 is 0 Å². The number of carbonyl (C=O) groups excluding carboxylic acids is 1. The van der Waals surface area contributed by atoms with Crippen molar-refractivity contribution in [3.63, 3.8) is 0 Å². The van der Waals surface area contributed by atoms with Gasteiger partial charge in [-0.1, -0.05) is 12.1 Å². The highest BCUT2D eigenvalue weighted by Crippen LogP contribution is 2.28. The van der Waals surface area contributed by atoms with Crippen molar-refractivity contribution in [3.8, 4) is 5.75 Å². The second kappa shape index (κ2) is 4.04. The van der Waals surface area contributed by atoms with Gasteiger partial charge >= 0.3 is 0 Å². The number of fused-ring (bicyclic) bond motifs is 1. The standard InChI is InChI=1S/C13H16N2O2/c16-12-4-2-1-3-11(12)13(17)15-7-9-5-14-6-10(9)8-15/h1-4,9-10,14,16H,5-8H2. The summed E-state index contributed by atoms with van der Waals surface area (Å²) in [6, 6.07) is 6.76. The third-order valence-corrected chi connectivity index (χ3v) is 3.81. The zero-order valence-corrected chi connectivity index (χ0v) is 9.60. The Morgan fingerprint density at radius 1 is 1.24 bits per heavy atom. The number of carbonyl (C=O) groups is 1. The van der Waals surface area contributed by atoms with Gasteiger partial charge in [0.05, 0.1) is 5.56 Å². The maximum absolute atomic E-state index is 12.2. The lowest BCUT2D eigenvalue weighted by atomic mass is 10.0. The Balaban J connectivity index is 1.78. The fraction of sp³-hybridized carbons (Fsp3) is 0.462. The number of phenols is 1. The summed E-state index contributed by atoms with van der Waals surface area (Å²) in [6.07, 6.45) is 0. The predicted octanol–water partition coefficient (Wildman–Crippen LogP) is 0.684. The van der Waals surface area contributed by atoms with Gasteiger partial charge in [-0.2, -0.15) is 0 Å². The Kier molecular flexibility index (Phi) is 2.52. The molecule has 1 aromatic carbocycles. The lowest BCUT2D eigenvalue weighted by Gasteiger charge is -2.18. The quantitative estimate of drug-likeness (QED) is 0.749. The van der Waals surface area contributed by atoms with Gasteiger partial charge in [0.2, 0.25) is 0 Å². The molecule has 1 aromatic rings. The van der Waals surface area contributed by atoms with Crippen LogP contribution in [0.2, 0.25) is 0 Å². The second-order valence-corrected chi connectivity index (χ2v) is 4.91. The first-order chi connectivity index (χ1) is 8.25. The van der Waals surface area contributed by atoms with Gasteiger partial charge in [0.15, 0.2) is 0 Å². The summed E-state index contributed by atoms with van der Waals surface area (Å²) in [5.74, 6) is 1.21. The highest BCUT2D eigenvalue weighted by atomic mass is 16.3. The van der Waals surface area contributed by atoms with Crippen LogP contribution in [0.15, 0.2) is 24.3 Å². The van der Waals surface area contributed by atoms with Crippen LogP contribution in [0.5, 0.6) is 5.75 Å². The van der Waals surface area contributed by atoms with Crippen LogP contribution in [0.1, 0.15) is 10.4 Å². The zero-order valence-electron chi connectivity index (χ0n) is 9.60. The molecule has 2 aliphatic rings. The van der Waals surface area contributed by atoms with E-state index >= 15 is 0 Å². The van der Waals surface area contributed by atoms with Crippen molar-refractivity contribution in [1.29, 1.82) is 0 Å². The number of amides is 1. The third kappa shape index (κ3) is 1.78. The van der Waals surface area contributed by atoms with Gasteiger partial charge in [-0.05, 0) is 24.0 Å². The van der Waals surface area contributed by atoms with Crippen LogP contribution in [-0.2, 0) is 0 Å². The van der Waals surface area contributed by atoms with Crippen molar-refractivity contribution in [3.05, 3.63) is 29.8 Å². The first-order valence-corrected chi connectivity index (χ1v) is 6.03. The highest BCUT2D eigenvalue weighted by molar-refractivity contribution is 5.97. The normalized spacial score (nSPS) is 27.2. The molecule has 0 aliphatic carbocycles. The van der Waals surface area contributed by atoms with Crippen molar-refractivity contribution in [2.24, 2.45) is 11.8 Å². The molecule has 17 heavy (non-hydrogen) atoms. The molecular weight excluding hydrogens is 216 g/mol. The summed E-state index contributed by atoms with van der Waals surface area (Å²) >= 11 is 0. The van der Waals surface area contributed by atoms with E-state index in [0.29, 0.717) is 17.4 Å². The Labute approximate surface area is 100 Å². The maximum Gasteiger partial charge on any atom is 0.257 e. The molecule has 3 rings (SSSR count). The van der Waals surface area contributed by atoms with Crippen LogP contribution in [0.3, 0.4) is 0 Å². The Morgan fingerprint density at radius 2 is 1.88 bits per heavy atom. The number of benzene rings is 1. The summed E-state index contributed by atoms with van der Waals surface area (Å²) in [7, 11) is 0. The molecule has 0 aromatic heterocycles. The van der Waals surface area contributed by atoms with E-state index in [0.717, 1.165) is 26.2 Å². The largest absolute Gasteiger partial charge is 0.507 e. The van der Waals surface area contributed by atoms with Crippen molar-refractivity contribution in [2.45, 2.75) is 0 Å². The van der Waals surface area contributed by atoms with E-state index in [4.69, 9.17) is 0 Å². The first-order valence-electron chi connectivity index (χ1n) is 6.03. The Hall–Kier alpha value is -1.55. The monoisotopic (exact) mass is 232 g/mol. The average Bonchev–Trinajstić information content (AvgIpc) is 2.88. The molecule has 0 saturated carbocycles. The van der Waals surface area contributed by atoms with E-state index in [-0.39, 0.29) is 11.7 Å². The molecular formula is C13H16N2O2. The number of hydrogen-bond acceptors (Lipinski definition) is 3. The smallest absolute Gasteiger partial charge is 0.257 e. The number of nitrogens with zero attached hydrogens (tertiary/aromatic N) is 1. The molecule has 2 atom stereocenters. The molecule has 0 radical (unpaired) electrons. The molecule has 2 aliphatic heterocycles. The Bertz CT molecular complexity index is 435. The van der Waals surface area contributed by atoms with Crippen LogP contribution in [0.25, 0.3) is 0 Å². The number of nitrogens with one attached hydrogen (secondary N) is 1. The summed E-state index contributed by atoms with van der Waals surface area (Å²) in [5, 5.41) is 13.0. The van der Waals surface area contributed by atoms with Gasteiger partial charge in [-0.25, -0.2) is 0 Å². The van der Waals surface area contributed by atoms with Crippen molar-refractivity contribution in [1.82, 2.24) is 10.2 Å². The van der Waals surface area contributed by atoms with E-state index in [1.165, 1.54) is 0 Å². The van der Waals surface area contributed by atoms with Gasteiger partial charge in [-0.3, -0.25) is 4.79 Å². The number of likely N-dealkylation sites (tertiary alicyclic amines) is 1. The predicted molar refractivity (Wildman–Crippen MR) is 63.9 cm³/mol. The lowest BCUT2D eigenvalue weighted by molar-refractivity contribution is 0.0778. The minimum atomic E-state index is -0.0440. The molecule has 1 amide bonds.